The second-order valence-corrected chi connectivity index (χ2v) is 16.5. The largest absolute Gasteiger partial charge is 0.311 e. The van der Waals surface area contributed by atoms with Gasteiger partial charge in [-0.1, -0.05) is 133 Å². The molecule has 238 valence electrons. The molecule has 0 saturated heterocycles. The Morgan fingerprint density at radius 1 is 0.396 bits per heavy atom. The van der Waals surface area contributed by atoms with Crippen LogP contribution in [0.25, 0.3) is 21.8 Å². The summed E-state index contributed by atoms with van der Waals surface area (Å²) in [5.41, 5.74) is 4.09. The van der Waals surface area contributed by atoms with Gasteiger partial charge in [0.2, 0.25) is 0 Å². The van der Waals surface area contributed by atoms with E-state index in [1.807, 2.05) is 0 Å². The Labute approximate surface area is 286 Å². The molecule has 2 aromatic heterocycles. The Morgan fingerprint density at radius 2 is 0.750 bits per heavy atom. The topological polar surface area (TPSA) is 49.8 Å². The normalized spacial score (nSPS) is 11.5. The fraction of sp³-hybridized carbons (Fsp3) is 0.143. The van der Waals surface area contributed by atoms with Gasteiger partial charge in [-0.3, -0.25) is 9.97 Å². The first-order chi connectivity index (χ1) is 23.8. The third kappa shape index (κ3) is 8.21. The van der Waals surface area contributed by atoms with E-state index in [9.17, 15) is 0 Å². The lowest BCUT2D eigenvalue weighted by molar-refractivity contribution is 0.716. The first-order valence-electron chi connectivity index (χ1n) is 16.7. The third-order valence-corrected chi connectivity index (χ3v) is 13.6. The van der Waals surface area contributed by atoms with E-state index in [0.717, 1.165) is 71.7 Å². The van der Waals surface area contributed by atoms with Crippen molar-refractivity contribution in [3.8, 4) is 0 Å². The molecule has 0 saturated carbocycles. The molecule has 0 aliphatic carbocycles. The molecule has 48 heavy (non-hydrogen) atoms. The van der Waals surface area contributed by atoms with Crippen molar-refractivity contribution in [1.82, 2.24) is 20.6 Å². The number of hydrogen-bond donors (Lipinski definition) is 2. The number of aromatic nitrogens is 2. The highest BCUT2D eigenvalue weighted by Crippen LogP contribution is 2.33. The molecule has 0 fully saturated rings. The number of nitrogens with one attached hydrogen (secondary N) is 2. The summed E-state index contributed by atoms with van der Waals surface area (Å²) in [7, 11) is -0.818. The zero-order valence-corrected chi connectivity index (χ0v) is 28.8. The standard InChI is InChI=1S/C42H40N4P2/c1-5-13-37(14-6-1)47(38-15-7-2-8-16-38)27-25-43-31-35-23-21-33-29-34-22-24-36(46-42(34)30-41(33)45-35)32-44-26-28-48(39-17-9-3-10-18-39)40-19-11-4-12-20-40/h1-24,29-30,43-44H,25-28,31-32H2. The Kier molecular flexibility index (Phi) is 10.9. The van der Waals surface area contributed by atoms with Crippen LogP contribution in [-0.4, -0.2) is 35.4 Å². The molecule has 7 rings (SSSR count). The molecule has 0 spiro atoms. The van der Waals surface area contributed by atoms with Crippen LogP contribution < -0.4 is 31.9 Å². The molecule has 7 aromatic rings. The Balaban J connectivity index is 0.971. The van der Waals surface area contributed by atoms with Gasteiger partial charge < -0.3 is 10.6 Å². The zero-order chi connectivity index (χ0) is 32.4. The van der Waals surface area contributed by atoms with E-state index in [1.165, 1.54) is 21.2 Å². The fourth-order valence-electron chi connectivity index (χ4n) is 6.09. The summed E-state index contributed by atoms with van der Waals surface area (Å²) in [6, 6.07) is 56.7. The summed E-state index contributed by atoms with van der Waals surface area (Å²) in [5.74, 6) is 0. The summed E-state index contributed by atoms with van der Waals surface area (Å²) < 4.78 is 0. The van der Waals surface area contributed by atoms with Gasteiger partial charge >= 0.3 is 0 Å². The monoisotopic (exact) mass is 662 g/mol. The van der Waals surface area contributed by atoms with Gasteiger partial charge in [0, 0.05) is 37.0 Å². The minimum atomic E-state index is -0.409. The van der Waals surface area contributed by atoms with Gasteiger partial charge in [0.05, 0.1) is 22.4 Å². The number of pyridine rings is 2. The third-order valence-electron chi connectivity index (χ3n) is 8.52. The van der Waals surface area contributed by atoms with Gasteiger partial charge in [-0.15, -0.1) is 0 Å². The minimum absolute atomic E-state index is 0.409. The number of nitrogens with zero attached hydrogens (tertiary/aromatic N) is 2. The molecular formula is C42H40N4P2. The zero-order valence-electron chi connectivity index (χ0n) is 27.0. The summed E-state index contributed by atoms with van der Waals surface area (Å²) >= 11 is 0. The maximum absolute atomic E-state index is 5.03. The fourth-order valence-corrected chi connectivity index (χ4v) is 10.6. The highest BCUT2D eigenvalue weighted by molar-refractivity contribution is 7.73. The summed E-state index contributed by atoms with van der Waals surface area (Å²) in [5, 5.41) is 15.3. The Morgan fingerprint density at radius 3 is 1.10 bits per heavy atom. The van der Waals surface area contributed by atoms with Crippen LogP contribution in [0.4, 0.5) is 0 Å². The second-order valence-electron chi connectivity index (χ2n) is 11.8. The molecule has 0 aliphatic rings. The number of fused-ring (bicyclic) bond motifs is 2. The van der Waals surface area contributed by atoms with Crippen molar-refractivity contribution in [1.29, 1.82) is 0 Å². The smallest absolute Gasteiger partial charge is 0.0727 e. The van der Waals surface area contributed by atoms with Gasteiger partial charge in [0.1, 0.15) is 0 Å². The van der Waals surface area contributed by atoms with Crippen LogP contribution in [0.2, 0.25) is 0 Å². The number of hydrogen-bond acceptors (Lipinski definition) is 4. The summed E-state index contributed by atoms with van der Waals surface area (Å²) in [6.07, 6.45) is 2.17. The van der Waals surface area contributed by atoms with Gasteiger partial charge in [0.25, 0.3) is 0 Å². The maximum Gasteiger partial charge on any atom is 0.0727 e. The van der Waals surface area contributed by atoms with E-state index in [4.69, 9.17) is 9.97 Å². The highest BCUT2D eigenvalue weighted by atomic mass is 31.1. The molecule has 2 N–H and O–H groups in total. The molecule has 0 amide bonds. The lowest BCUT2D eigenvalue weighted by Crippen LogP contribution is -2.23. The quantitative estimate of drug-likeness (QED) is 0.0734. The van der Waals surface area contributed by atoms with E-state index < -0.39 is 15.8 Å². The summed E-state index contributed by atoms with van der Waals surface area (Å²) in [6.45, 7) is 3.35. The van der Waals surface area contributed by atoms with Crippen LogP contribution in [0.1, 0.15) is 11.4 Å². The Bertz CT molecular complexity index is 1820. The van der Waals surface area contributed by atoms with Gasteiger partial charge in [-0.2, -0.15) is 0 Å². The Hall–Kier alpha value is -4.30. The molecule has 0 radical (unpaired) electrons. The molecule has 6 heteroatoms. The van der Waals surface area contributed by atoms with Crippen LogP contribution in [-0.2, 0) is 13.1 Å². The molecular weight excluding hydrogens is 622 g/mol. The molecule has 5 aromatic carbocycles. The van der Waals surface area contributed by atoms with Crippen molar-refractivity contribution in [2.24, 2.45) is 0 Å². The van der Waals surface area contributed by atoms with Gasteiger partial charge in [-0.05, 0) is 73.7 Å². The molecule has 0 atom stereocenters. The van der Waals surface area contributed by atoms with Crippen molar-refractivity contribution in [3.63, 3.8) is 0 Å². The highest BCUT2D eigenvalue weighted by Gasteiger charge is 2.14. The van der Waals surface area contributed by atoms with Crippen molar-refractivity contribution < 1.29 is 0 Å². The van der Waals surface area contributed by atoms with E-state index >= 15 is 0 Å². The van der Waals surface area contributed by atoms with Crippen molar-refractivity contribution in [2.45, 2.75) is 13.1 Å². The van der Waals surface area contributed by atoms with Crippen LogP contribution in [0, 0.1) is 0 Å². The van der Waals surface area contributed by atoms with E-state index in [2.05, 4.69) is 168 Å². The minimum Gasteiger partial charge on any atom is -0.311 e. The number of benzene rings is 5. The maximum atomic E-state index is 5.03. The predicted octanol–water partition coefficient (Wildman–Crippen LogP) is 7.23. The molecule has 0 unspecified atom stereocenters. The van der Waals surface area contributed by atoms with Crippen LogP contribution >= 0.6 is 15.8 Å². The summed E-state index contributed by atoms with van der Waals surface area (Å²) in [4.78, 5) is 10.1. The van der Waals surface area contributed by atoms with Gasteiger partial charge in [0.15, 0.2) is 0 Å². The molecule has 4 nitrogen and oxygen atoms in total. The SMILES string of the molecule is c1ccc(P(CCNCc2ccc3cc4ccc(CNCCP(c5ccccc5)c5ccccc5)nc4cc3n2)c2ccccc2)cc1. The molecule has 0 aliphatic heterocycles. The predicted molar refractivity (Wildman–Crippen MR) is 208 cm³/mol. The van der Waals surface area contributed by atoms with Crippen LogP contribution in [0.5, 0.6) is 0 Å². The van der Waals surface area contributed by atoms with Crippen molar-refractivity contribution in [3.05, 3.63) is 169 Å². The lowest BCUT2D eigenvalue weighted by Gasteiger charge is -2.19. The van der Waals surface area contributed by atoms with E-state index in [1.54, 1.807) is 0 Å². The van der Waals surface area contributed by atoms with Gasteiger partial charge in [-0.25, -0.2) is 0 Å². The second kappa shape index (κ2) is 16.2. The van der Waals surface area contributed by atoms with E-state index in [0.29, 0.717) is 0 Å². The van der Waals surface area contributed by atoms with Crippen LogP contribution in [0.15, 0.2) is 158 Å². The van der Waals surface area contributed by atoms with Crippen molar-refractivity contribution in [2.75, 3.05) is 25.4 Å². The molecule has 2 heterocycles. The van der Waals surface area contributed by atoms with Crippen LogP contribution in [0.3, 0.4) is 0 Å². The van der Waals surface area contributed by atoms with E-state index in [-0.39, 0.29) is 0 Å². The average molecular weight is 663 g/mol. The first kappa shape index (κ1) is 32.3. The first-order valence-corrected chi connectivity index (χ1v) is 19.7. The van der Waals surface area contributed by atoms with Crippen molar-refractivity contribution >= 4 is 58.9 Å². The lowest BCUT2D eigenvalue weighted by atomic mass is 10.1. The molecule has 0 bridgehead atoms. The average Bonchev–Trinajstić information content (AvgIpc) is 3.15. The number of rotatable bonds is 14.